The highest BCUT2D eigenvalue weighted by Crippen LogP contribution is 2.41. The summed E-state index contributed by atoms with van der Waals surface area (Å²) in [6, 6.07) is 7.12. The highest BCUT2D eigenvalue weighted by molar-refractivity contribution is 5.68. The quantitative estimate of drug-likeness (QED) is 0.533. The van der Waals surface area contributed by atoms with Crippen LogP contribution in [0.25, 0.3) is 0 Å². The second-order valence-electron chi connectivity index (χ2n) is 8.32. The Morgan fingerprint density at radius 1 is 0.903 bits per heavy atom. The van der Waals surface area contributed by atoms with Crippen LogP contribution in [0.5, 0.6) is 11.8 Å². The maximum Gasteiger partial charge on any atom is 0.421 e. The van der Waals surface area contributed by atoms with Crippen LogP contribution < -0.4 is 14.4 Å². The first-order valence-corrected chi connectivity index (χ1v) is 11.0. The first kappa shape index (κ1) is 21.7. The number of hydrogen-bond acceptors (Lipinski definition) is 5. The molecule has 2 aromatic rings. The average molecular weight is 435 g/mol. The number of rotatable bonds is 6. The molecule has 0 N–H and O–H groups in total. The molecule has 1 aromatic carbocycles. The summed E-state index contributed by atoms with van der Waals surface area (Å²) in [5.41, 5.74) is -0.371. The number of benzene rings is 1. The number of ether oxygens (including phenoxy) is 2. The molecule has 168 valence electrons. The van der Waals surface area contributed by atoms with Gasteiger partial charge in [0.15, 0.2) is 5.82 Å². The number of alkyl halides is 3. The molecule has 0 bridgehead atoms. The smallest absolute Gasteiger partial charge is 0.421 e. The zero-order valence-corrected chi connectivity index (χ0v) is 17.7. The molecule has 5 nitrogen and oxygen atoms in total. The molecule has 1 heterocycles. The third-order valence-electron chi connectivity index (χ3n) is 6.02. The van der Waals surface area contributed by atoms with Gasteiger partial charge in [0.05, 0.1) is 11.8 Å². The molecule has 0 aliphatic heterocycles. The van der Waals surface area contributed by atoms with E-state index in [1.807, 2.05) is 6.07 Å². The minimum atomic E-state index is -4.59. The van der Waals surface area contributed by atoms with Gasteiger partial charge in [-0.25, -0.2) is 4.98 Å². The average Bonchev–Trinajstić information content (AvgIpc) is 3.27. The zero-order valence-electron chi connectivity index (χ0n) is 17.7. The van der Waals surface area contributed by atoms with Crippen LogP contribution in [-0.2, 0) is 6.18 Å². The molecular formula is C23H28F3N3O2. The molecule has 8 heteroatoms. The van der Waals surface area contributed by atoms with E-state index in [0.29, 0.717) is 11.4 Å². The molecule has 1 aromatic heterocycles. The molecule has 2 fully saturated rings. The highest BCUT2D eigenvalue weighted by Gasteiger charge is 2.37. The highest BCUT2D eigenvalue weighted by atomic mass is 19.4. The van der Waals surface area contributed by atoms with Gasteiger partial charge in [-0.15, -0.1) is 0 Å². The molecule has 0 amide bonds. The van der Waals surface area contributed by atoms with Gasteiger partial charge in [0, 0.05) is 13.2 Å². The van der Waals surface area contributed by atoms with Crippen LogP contribution in [0.2, 0.25) is 0 Å². The summed E-state index contributed by atoms with van der Waals surface area (Å²) in [5.74, 6) is 0.314. The van der Waals surface area contributed by atoms with Crippen molar-refractivity contribution in [3.8, 4) is 11.8 Å². The van der Waals surface area contributed by atoms with E-state index >= 15 is 0 Å². The second kappa shape index (κ2) is 9.32. The summed E-state index contributed by atoms with van der Waals surface area (Å²) in [4.78, 5) is 9.49. The van der Waals surface area contributed by atoms with Gasteiger partial charge >= 0.3 is 12.2 Å². The Kier molecular flexibility index (Phi) is 6.53. The van der Waals surface area contributed by atoms with E-state index in [2.05, 4.69) is 9.97 Å². The molecular weight excluding hydrogens is 407 g/mol. The molecule has 2 aliphatic rings. The maximum atomic E-state index is 13.8. The standard InChI is InChI=1S/C23H28F3N3O2/c1-29(19-13-7-8-14-20(19)30-16-11-5-6-12-16)21-18(23(24,25)26)15-27-22(28-21)31-17-9-3-2-4-10-17/h7-8,13-17H,2-6,9-12H2,1H3. The van der Waals surface area contributed by atoms with E-state index in [1.54, 1.807) is 25.2 Å². The van der Waals surface area contributed by atoms with E-state index < -0.39 is 11.7 Å². The van der Waals surface area contributed by atoms with E-state index in [1.165, 1.54) is 4.90 Å². The van der Waals surface area contributed by atoms with Crippen LogP contribution in [0.1, 0.15) is 63.4 Å². The lowest BCUT2D eigenvalue weighted by Crippen LogP contribution is -2.23. The fourth-order valence-corrected chi connectivity index (χ4v) is 4.34. The molecule has 0 spiro atoms. The van der Waals surface area contributed by atoms with Crippen molar-refractivity contribution >= 4 is 11.5 Å². The Morgan fingerprint density at radius 3 is 2.19 bits per heavy atom. The van der Waals surface area contributed by atoms with Crippen molar-refractivity contribution in [2.24, 2.45) is 0 Å². The van der Waals surface area contributed by atoms with Crippen molar-refractivity contribution in [1.29, 1.82) is 0 Å². The molecule has 2 saturated carbocycles. The normalized spacial score (nSPS) is 18.2. The minimum Gasteiger partial charge on any atom is -0.488 e. The molecule has 0 unspecified atom stereocenters. The van der Waals surface area contributed by atoms with Crippen molar-refractivity contribution in [2.45, 2.75) is 76.2 Å². The SMILES string of the molecule is CN(c1ccccc1OC1CCCC1)c1nc(OC2CCCCC2)ncc1C(F)(F)F. The molecule has 31 heavy (non-hydrogen) atoms. The molecule has 0 saturated heterocycles. The van der Waals surface area contributed by atoms with Crippen molar-refractivity contribution < 1.29 is 22.6 Å². The Morgan fingerprint density at radius 2 is 1.52 bits per heavy atom. The lowest BCUT2D eigenvalue weighted by molar-refractivity contribution is -0.137. The summed E-state index contributed by atoms with van der Waals surface area (Å²) in [7, 11) is 1.57. The number of anilines is 2. The van der Waals surface area contributed by atoms with Crippen LogP contribution in [0.4, 0.5) is 24.7 Å². The second-order valence-corrected chi connectivity index (χ2v) is 8.32. The predicted molar refractivity (Wildman–Crippen MR) is 112 cm³/mol. The summed E-state index contributed by atoms with van der Waals surface area (Å²) >= 11 is 0. The fourth-order valence-electron chi connectivity index (χ4n) is 4.34. The van der Waals surface area contributed by atoms with Crippen LogP contribution in [0.15, 0.2) is 30.5 Å². The number of halogens is 3. The van der Waals surface area contributed by atoms with E-state index in [0.717, 1.165) is 64.0 Å². The molecule has 4 rings (SSSR count). The number of aromatic nitrogens is 2. The lowest BCUT2D eigenvalue weighted by atomic mass is 9.98. The first-order valence-electron chi connectivity index (χ1n) is 11.0. The van der Waals surface area contributed by atoms with Gasteiger partial charge < -0.3 is 14.4 Å². The van der Waals surface area contributed by atoms with Gasteiger partial charge in [0.2, 0.25) is 0 Å². The Labute approximate surface area is 180 Å². The minimum absolute atomic E-state index is 0.0176. The third-order valence-corrected chi connectivity index (χ3v) is 6.02. The van der Waals surface area contributed by atoms with Gasteiger partial charge in [-0.3, -0.25) is 0 Å². The summed E-state index contributed by atoms with van der Waals surface area (Å²) in [6.45, 7) is 0. The Balaban J connectivity index is 1.65. The Hall–Kier alpha value is -2.51. The van der Waals surface area contributed by atoms with Gasteiger partial charge in [-0.05, 0) is 63.5 Å². The third kappa shape index (κ3) is 5.22. The topological polar surface area (TPSA) is 47.5 Å². The predicted octanol–water partition coefficient (Wildman–Crippen LogP) is 6.30. The summed E-state index contributed by atoms with van der Waals surface area (Å²) in [5, 5.41) is 0. The summed E-state index contributed by atoms with van der Waals surface area (Å²) < 4.78 is 53.3. The fraction of sp³-hybridized carbons (Fsp3) is 0.565. The largest absolute Gasteiger partial charge is 0.488 e. The molecule has 2 aliphatic carbocycles. The van der Waals surface area contributed by atoms with Gasteiger partial charge in [0.1, 0.15) is 17.4 Å². The lowest BCUT2D eigenvalue weighted by Gasteiger charge is -2.26. The molecule has 0 radical (unpaired) electrons. The van der Waals surface area contributed by atoms with Crippen LogP contribution in [-0.4, -0.2) is 29.2 Å². The monoisotopic (exact) mass is 435 g/mol. The number of hydrogen-bond donors (Lipinski definition) is 0. The zero-order chi connectivity index (χ0) is 21.8. The van der Waals surface area contributed by atoms with Crippen LogP contribution in [0.3, 0.4) is 0 Å². The van der Waals surface area contributed by atoms with Crippen molar-refractivity contribution in [2.75, 3.05) is 11.9 Å². The van der Waals surface area contributed by atoms with Crippen molar-refractivity contribution in [3.05, 3.63) is 36.0 Å². The van der Waals surface area contributed by atoms with E-state index in [4.69, 9.17) is 9.47 Å². The Bertz CT molecular complexity index is 879. The van der Waals surface area contributed by atoms with Crippen LogP contribution >= 0.6 is 0 Å². The molecule has 0 atom stereocenters. The van der Waals surface area contributed by atoms with Gasteiger partial charge in [0.25, 0.3) is 0 Å². The van der Waals surface area contributed by atoms with Gasteiger partial charge in [-0.2, -0.15) is 18.2 Å². The number of para-hydroxylation sites is 2. The van der Waals surface area contributed by atoms with E-state index in [9.17, 15) is 13.2 Å². The number of nitrogens with zero attached hydrogens (tertiary/aromatic N) is 3. The van der Waals surface area contributed by atoms with E-state index in [-0.39, 0.29) is 24.0 Å². The first-order chi connectivity index (χ1) is 14.9. The maximum absolute atomic E-state index is 13.8. The van der Waals surface area contributed by atoms with Crippen LogP contribution in [0, 0.1) is 0 Å². The summed E-state index contributed by atoms with van der Waals surface area (Å²) in [6.07, 6.45) is 5.37. The van der Waals surface area contributed by atoms with Crippen molar-refractivity contribution in [3.63, 3.8) is 0 Å². The van der Waals surface area contributed by atoms with Gasteiger partial charge in [-0.1, -0.05) is 18.6 Å². The van der Waals surface area contributed by atoms with Crippen molar-refractivity contribution in [1.82, 2.24) is 9.97 Å².